The fourth-order valence-corrected chi connectivity index (χ4v) is 1.68. The molecule has 1 aliphatic rings. The SMILES string of the molecule is CCNC(COC)CN(C)C1CC1. The molecule has 0 aromatic rings. The molecule has 0 spiro atoms. The van der Waals surface area contributed by atoms with Crippen molar-refractivity contribution >= 4 is 0 Å². The van der Waals surface area contributed by atoms with Crippen molar-refractivity contribution in [3.63, 3.8) is 0 Å². The van der Waals surface area contributed by atoms with Crippen LogP contribution in [0.5, 0.6) is 0 Å². The highest BCUT2D eigenvalue weighted by Gasteiger charge is 2.27. The summed E-state index contributed by atoms with van der Waals surface area (Å²) in [5.74, 6) is 0. The second kappa shape index (κ2) is 5.58. The van der Waals surface area contributed by atoms with Crippen molar-refractivity contribution in [1.82, 2.24) is 10.2 Å². The topological polar surface area (TPSA) is 24.5 Å². The maximum atomic E-state index is 5.17. The average molecular weight is 186 g/mol. The van der Waals surface area contributed by atoms with E-state index in [-0.39, 0.29) is 0 Å². The maximum absolute atomic E-state index is 5.17. The predicted molar refractivity (Wildman–Crippen MR) is 55.0 cm³/mol. The van der Waals surface area contributed by atoms with Gasteiger partial charge in [-0.05, 0) is 26.4 Å². The lowest BCUT2D eigenvalue weighted by Gasteiger charge is -2.23. The van der Waals surface area contributed by atoms with Crippen molar-refractivity contribution in [2.45, 2.75) is 31.8 Å². The molecule has 1 saturated carbocycles. The van der Waals surface area contributed by atoms with Gasteiger partial charge in [-0.1, -0.05) is 6.92 Å². The van der Waals surface area contributed by atoms with Gasteiger partial charge in [-0.15, -0.1) is 0 Å². The number of methoxy groups -OCH3 is 1. The van der Waals surface area contributed by atoms with Crippen LogP contribution in [0, 0.1) is 0 Å². The summed E-state index contributed by atoms with van der Waals surface area (Å²) in [5.41, 5.74) is 0. The van der Waals surface area contributed by atoms with Gasteiger partial charge < -0.3 is 15.0 Å². The molecule has 1 unspecified atom stereocenters. The van der Waals surface area contributed by atoms with Crippen LogP contribution in [0.3, 0.4) is 0 Å². The fourth-order valence-electron chi connectivity index (χ4n) is 1.68. The molecule has 0 radical (unpaired) electrons. The van der Waals surface area contributed by atoms with Crippen molar-refractivity contribution < 1.29 is 4.74 Å². The zero-order valence-electron chi connectivity index (χ0n) is 9.05. The van der Waals surface area contributed by atoms with Crippen LogP contribution in [0.1, 0.15) is 19.8 Å². The predicted octanol–water partition coefficient (Wildman–Crippen LogP) is 0.705. The van der Waals surface area contributed by atoms with Gasteiger partial charge in [0.1, 0.15) is 0 Å². The molecule has 13 heavy (non-hydrogen) atoms. The van der Waals surface area contributed by atoms with Gasteiger partial charge in [0.2, 0.25) is 0 Å². The van der Waals surface area contributed by atoms with Gasteiger partial charge in [0, 0.05) is 25.7 Å². The molecule has 0 saturated heterocycles. The van der Waals surface area contributed by atoms with Crippen molar-refractivity contribution in [3.8, 4) is 0 Å². The molecular formula is C10H22N2O. The van der Waals surface area contributed by atoms with Crippen molar-refractivity contribution in [3.05, 3.63) is 0 Å². The molecule has 0 amide bonds. The van der Waals surface area contributed by atoms with E-state index in [9.17, 15) is 0 Å². The maximum Gasteiger partial charge on any atom is 0.0628 e. The van der Waals surface area contributed by atoms with Gasteiger partial charge in [-0.3, -0.25) is 0 Å². The minimum absolute atomic E-state index is 0.487. The number of rotatable bonds is 7. The Hall–Kier alpha value is -0.120. The van der Waals surface area contributed by atoms with E-state index in [0.29, 0.717) is 6.04 Å². The van der Waals surface area contributed by atoms with E-state index in [1.54, 1.807) is 7.11 Å². The Balaban J connectivity index is 2.18. The third-order valence-electron chi connectivity index (χ3n) is 2.54. The quantitative estimate of drug-likeness (QED) is 0.633. The Morgan fingerprint density at radius 1 is 1.54 bits per heavy atom. The minimum Gasteiger partial charge on any atom is -0.383 e. The molecule has 3 heteroatoms. The lowest BCUT2D eigenvalue weighted by molar-refractivity contribution is 0.144. The number of ether oxygens (including phenoxy) is 1. The van der Waals surface area contributed by atoms with Crippen molar-refractivity contribution in [1.29, 1.82) is 0 Å². The van der Waals surface area contributed by atoms with Crippen LogP contribution in [0.25, 0.3) is 0 Å². The van der Waals surface area contributed by atoms with Crippen LogP contribution in [0.15, 0.2) is 0 Å². The lowest BCUT2D eigenvalue weighted by atomic mass is 10.3. The number of hydrogen-bond acceptors (Lipinski definition) is 3. The molecule has 0 heterocycles. The zero-order valence-corrected chi connectivity index (χ0v) is 9.05. The Labute approximate surface area is 81.4 Å². The first-order chi connectivity index (χ1) is 6.27. The van der Waals surface area contributed by atoms with E-state index >= 15 is 0 Å². The van der Waals surface area contributed by atoms with Crippen LogP contribution in [-0.4, -0.2) is 50.8 Å². The summed E-state index contributed by atoms with van der Waals surface area (Å²) in [4.78, 5) is 2.44. The summed E-state index contributed by atoms with van der Waals surface area (Å²) in [5, 5.41) is 3.43. The van der Waals surface area contributed by atoms with E-state index in [2.05, 4.69) is 24.2 Å². The van der Waals surface area contributed by atoms with Crippen LogP contribution in [0.2, 0.25) is 0 Å². The van der Waals surface area contributed by atoms with Crippen LogP contribution >= 0.6 is 0 Å². The summed E-state index contributed by atoms with van der Waals surface area (Å²) >= 11 is 0. The molecule has 0 aromatic heterocycles. The van der Waals surface area contributed by atoms with Crippen LogP contribution in [0.4, 0.5) is 0 Å². The smallest absolute Gasteiger partial charge is 0.0628 e. The Morgan fingerprint density at radius 2 is 2.23 bits per heavy atom. The normalized spacial score (nSPS) is 19.4. The van der Waals surface area contributed by atoms with Gasteiger partial charge in [-0.2, -0.15) is 0 Å². The Morgan fingerprint density at radius 3 is 2.69 bits per heavy atom. The van der Waals surface area contributed by atoms with Gasteiger partial charge in [0.15, 0.2) is 0 Å². The molecule has 1 aliphatic carbocycles. The van der Waals surface area contributed by atoms with E-state index in [4.69, 9.17) is 4.74 Å². The number of likely N-dealkylation sites (N-methyl/N-ethyl adjacent to an activating group) is 2. The van der Waals surface area contributed by atoms with Gasteiger partial charge in [0.25, 0.3) is 0 Å². The van der Waals surface area contributed by atoms with Gasteiger partial charge in [-0.25, -0.2) is 0 Å². The first-order valence-corrected chi connectivity index (χ1v) is 5.20. The van der Waals surface area contributed by atoms with Gasteiger partial charge in [0.05, 0.1) is 6.61 Å². The summed E-state index contributed by atoms with van der Waals surface area (Å²) in [6.07, 6.45) is 2.75. The van der Waals surface area contributed by atoms with E-state index < -0.39 is 0 Å². The highest BCUT2D eigenvalue weighted by atomic mass is 16.5. The Bertz CT molecular complexity index is 131. The highest BCUT2D eigenvalue weighted by molar-refractivity contribution is 4.84. The molecule has 78 valence electrons. The van der Waals surface area contributed by atoms with E-state index in [1.165, 1.54) is 12.8 Å². The molecule has 1 atom stereocenters. The fraction of sp³-hybridized carbons (Fsp3) is 1.00. The second-order valence-corrected chi connectivity index (χ2v) is 3.88. The van der Waals surface area contributed by atoms with Crippen molar-refractivity contribution in [2.24, 2.45) is 0 Å². The summed E-state index contributed by atoms with van der Waals surface area (Å²) < 4.78 is 5.17. The highest BCUT2D eigenvalue weighted by Crippen LogP contribution is 2.25. The standard InChI is InChI=1S/C10H22N2O/c1-4-11-9(8-13-3)7-12(2)10-5-6-10/h9-11H,4-8H2,1-3H3. The summed E-state index contributed by atoms with van der Waals surface area (Å²) in [6.45, 7) is 5.07. The zero-order chi connectivity index (χ0) is 9.68. The largest absolute Gasteiger partial charge is 0.383 e. The third-order valence-corrected chi connectivity index (χ3v) is 2.54. The molecular weight excluding hydrogens is 164 g/mol. The summed E-state index contributed by atoms with van der Waals surface area (Å²) in [7, 11) is 3.97. The van der Waals surface area contributed by atoms with E-state index in [0.717, 1.165) is 25.7 Å². The number of hydrogen-bond donors (Lipinski definition) is 1. The molecule has 0 bridgehead atoms. The van der Waals surface area contributed by atoms with Crippen LogP contribution < -0.4 is 5.32 Å². The van der Waals surface area contributed by atoms with Crippen molar-refractivity contribution in [2.75, 3.05) is 33.9 Å². The third kappa shape index (κ3) is 4.07. The molecule has 3 nitrogen and oxygen atoms in total. The molecule has 1 fully saturated rings. The Kier molecular flexibility index (Phi) is 4.70. The first-order valence-electron chi connectivity index (χ1n) is 5.20. The first kappa shape index (κ1) is 11.0. The second-order valence-electron chi connectivity index (χ2n) is 3.88. The van der Waals surface area contributed by atoms with Gasteiger partial charge >= 0.3 is 0 Å². The number of nitrogens with one attached hydrogen (secondary N) is 1. The number of nitrogens with zero attached hydrogens (tertiary/aromatic N) is 1. The molecule has 0 aliphatic heterocycles. The monoisotopic (exact) mass is 186 g/mol. The lowest BCUT2D eigenvalue weighted by Crippen LogP contribution is -2.43. The molecule has 1 N–H and O–H groups in total. The molecule has 0 aromatic carbocycles. The van der Waals surface area contributed by atoms with E-state index in [1.807, 2.05) is 0 Å². The minimum atomic E-state index is 0.487. The summed E-state index contributed by atoms with van der Waals surface area (Å²) in [6, 6.07) is 1.33. The molecule has 1 rings (SSSR count). The van der Waals surface area contributed by atoms with Crippen LogP contribution in [-0.2, 0) is 4.74 Å². The average Bonchev–Trinajstić information content (AvgIpc) is 2.87.